The molecule has 3 heterocycles. The van der Waals surface area contributed by atoms with Gasteiger partial charge < -0.3 is 18.6 Å². The van der Waals surface area contributed by atoms with Crippen LogP contribution in [0.5, 0.6) is 0 Å². The third-order valence-corrected chi connectivity index (χ3v) is 3.39. The standard InChI is InChI=1S/C8H10B2O4S/c1-6-15-8(10-13-4-5-14-10)7(1)9-11-2-3-12-9/h1,6H,2-5H2. The molecule has 0 saturated carbocycles. The molecule has 0 N–H and O–H groups in total. The fourth-order valence-electron chi connectivity index (χ4n) is 1.76. The van der Waals surface area contributed by atoms with Crippen molar-refractivity contribution in [2.75, 3.05) is 26.4 Å². The van der Waals surface area contributed by atoms with E-state index < -0.39 is 0 Å². The molecule has 0 spiro atoms. The first-order valence-corrected chi connectivity index (χ1v) is 5.87. The topological polar surface area (TPSA) is 36.9 Å². The van der Waals surface area contributed by atoms with Gasteiger partial charge in [0, 0.05) is 4.78 Å². The van der Waals surface area contributed by atoms with Gasteiger partial charge in [0.2, 0.25) is 0 Å². The van der Waals surface area contributed by atoms with Crippen LogP contribution in [0.15, 0.2) is 11.4 Å². The molecule has 2 aliphatic rings. The molecule has 0 atom stereocenters. The highest BCUT2D eigenvalue weighted by Gasteiger charge is 2.36. The van der Waals surface area contributed by atoms with E-state index in [1.807, 2.05) is 11.4 Å². The summed E-state index contributed by atoms with van der Waals surface area (Å²) in [5, 5.41) is 2.01. The summed E-state index contributed by atoms with van der Waals surface area (Å²) in [7, 11) is -0.466. The molecule has 0 aromatic carbocycles. The van der Waals surface area contributed by atoms with Crippen molar-refractivity contribution >= 4 is 35.8 Å². The summed E-state index contributed by atoms with van der Waals surface area (Å²) in [5.74, 6) is 0. The molecule has 15 heavy (non-hydrogen) atoms. The third-order valence-electron chi connectivity index (χ3n) is 2.44. The number of hydrogen-bond acceptors (Lipinski definition) is 5. The molecular weight excluding hydrogens is 214 g/mol. The van der Waals surface area contributed by atoms with Gasteiger partial charge in [0.15, 0.2) is 0 Å². The molecule has 0 aliphatic carbocycles. The van der Waals surface area contributed by atoms with Gasteiger partial charge in [-0.25, -0.2) is 0 Å². The molecule has 1 aromatic heterocycles. The first-order valence-electron chi connectivity index (χ1n) is 4.99. The van der Waals surface area contributed by atoms with Crippen molar-refractivity contribution in [2.45, 2.75) is 0 Å². The van der Waals surface area contributed by atoms with Gasteiger partial charge in [0.25, 0.3) is 0 Å². The lowest BCUT2D eigenvalue weighted by Crippen LogP contribution is -2.47. The van der Waals surface area contributed by atoms with Crippen molar-refractivity contribution in [2.24, 2.45) is 0 Å². The van der Waals surface area contributed by atoms with E-state index in [1.54, 1.807) is 11.3 Å². The summed E-state index contributed by atoms with van der Waals surface area (Å²) in [6, 6.07) is 2.01. The van der Waals surface area contributed by atoms with E-state index in [0.29, 0.717) is 26.4 Å². The number of thiophene rings is 1. The largest absolute Gasteiger partial charge is 0.504 e. The summed E-state index contributed by atoms with van der Waals surface area (Å²) in [5.41, 5.74) is 1.05. The van der Waals surface area contributed by atoms with E-state index >= 15 is 0 Å². The Kier molecular flexibility index (Phi) is 2.81. The minimum absolute atomic E-state index is 0.229. The van der Waals surface area contributed by atoms with Crippen molar-refractivity contribution in [3.63, 3.8) is 0 Å². The normalized spacial score (nSPS) is 21.6. The van der Waals surface area contributed by atoms with Crippen LogP contribution in [0.1, 0.15) is 0 Å². The second-order valence-corrected chi connectivity index (χ2v) is 4.33. The molecule has 78 valence electrons. The molecule has 2 fully saturated rings. The van der Waals surface area contributed by atoms with E-state index in [2.05, 4.69) is 0 Å². The lowest BCUT2D eigenvalue weighted by Gasteiger charge is -2.07. The van der Waals surface area contributed by atoms with Gasteiger partial charge in [-0.05, 0) is 10.8 Å². The lowest BCUT2D eigenvalue weighted by atomic mass is 9.71. The molecule has 1 aromatic rings. The lowest BCUT2D eigenvalue weighted by molar-refractivity contribution is 0.365. The molecule has 0 unspecified atom stereocenters. The Hall–Kier alpha value is -0.330. The highest BCUT2D eigenvalue weighted by molar-refractivity contribution is 7.22. The fraction of sp³-hybridized carbons (Fsp3) is 0.500. The van der Waals surface area contributed by atoms with Crippen LogP contribution in [0, 0.1) is 0 Å². The molecule has 7 heteroatoms. The predicted molar refractivity (Wildman–Crippen MR) is 58.9 cm³/mol. The second kappa shape index (κ2) is 4.27. The fourth-order valence-corrected chi connectivity index (χ4v) is 2.67. The zero-order chi connectivity index (χ0) is 10.1. The average molecular weight is 224 g/mol. The molecule has 0 bridgehead atoms. The quantitative estimate of drug-likeness (QED) is 0.618. The van der Waals surface area contributed by atoms with Gasteiger partial charge in [-0.1, -0.05) is 6.07 Å². The smallest absolute Gasteiger partial charge is 0.405 e. The zero-order valence-corrected chi connectivity index (χ0v) is 9.00. The summed E-state index contributed by atoms with van der Waals surface area (Å²) in [6.07, 6.45) is 0. The number of rotatable bonds is 2. The number of hydrogen-bond donors (Lipinski definition) is 0. The van der Waals surface area contributed by atoms with Crippen molar-refractivity contribution in [3.05, 3.63) is 11.4 Å². The van der Waals surface area contributed by atoms with Crippen molar-refractivity contribution < 1.29 is 18.6 Å². The van der Waals surface area contributed by atoms with Gasteiger partial charge >= 0.3 is 14.2 Å². The molecule has 2 aliphatic heterocycles. The maximum absolute atomic E-state index is 5.47. The molecule has 3 rings (SSSR count). The predicted octanol–water partition coefficient (Wildman–Crippen LogP) is -0.768. The Balaban J connectivity index is 1.84. The van der Waals surface area contributed by atoms with Crippen LogP contribution in [0.2, 0.25) is 0 Å². The van der Waals surface area contributed by atoms with Crippen LogP contribution in [0.3, 0.4) is 0 Å². The first kappa shape index (κ1) is 9.86. The van der Waals surface area contributed by atoms with Crippen molar-refractivity contribution in [1.29, 1.82) is 0 Å². The van der Waals surface area contributed by atoms with Gasteiger partial charge in [0.1, 0.15) is 0 Å². The Morgan fingerprint density at radius 1 is 0.933 bits per heavy atom. The minimum atomic E-state index is -0.237. The molecular formula is C8H10B2O4S. The summed E-state index contributed by atoms with van der Waals surface area (Å²) >= 11 is 1.62. The van der Waals surface area contributed by atoms with E-state index in [9.17, 15) is 0 Å². The van der Waals surface area contributed by atoms with Crippen LogP contribution in [-0.4, -0.2) is 40.7 Å². The zero-order valence-electron chi connectivity index (χ0n) is 8.18. The van der Waals surface area contributed by atoms with Crippen molar-refractivity contribution in [3.8, 4) is 0 Å². The Labute approximate surface area is 92.8 Å². The van der Waals surface area contributed by atoms with Gasteiger partial charge in [-0.2, -0.15) is 11.3 Å². The van der Waals surface area contributed by atoms with Crippen LogP contribution in [0.4, 0.5) is 0 Å². The van der Waals surface area contributed by atoms with Crippen LogP contribution in [0.25, 0.3) is 0 Å². The Morgan fingerprint density at radius 3 is 2.20 bits per heavy atom. The van der Waals surface area contributed by atoms with E-state index in [4.69, 9.17) is 18.6 Å². The molecule has 2 saturated heterocycles. The highest BCUT2D eigenvalue weighted by Crippen LogP contribution is 2.07. The second-order valence-electron chi connectivity index (χ2n) is 3.39. The van der Waals surface area contributed by atoms with E-state index in [-0.39, 0.29) is 14.2 Å². The van der Waals surface area contributed by atoms with Gasteiger partial charge in [0.05, 0.1) is 26.4 Å². The summed E-state index contributed by atoms with van der Waals surface area (Å²) in [6.45, 7) is 2.64. The molecule has 0 radical (unpaired) electrons. The van der Waals surface area contributed by atoms with Gasteiger partial charge in [-0.3, -0.25) is 0 Å². The average Bonchev–Trinajstić information content (AvgIpc) is 3.01. The summed E-state index contributed by atoms with van der Waals surface area (Å²) in [4.78, 5) is 0. The Bertz CT molecular complexity index is 303. The van der Waals surface area contributed by atoms with Crippen LogP contribution >= 0.6 is 11.3 Å². The van der Waals surface area contributed by atoms with E-state index in [0.717, 1.165) is 10.2 Å². The van der Waals surface area contributed by atoms with Crippen LogP contribution < -0.4 is 10.2 Å². The maximum Gasteiger partial charge on any atom is 0.504 e. The van der Waals surface area contributed by atoms with Gasteiger partial charge in [-0.15, -0.1) is 0 Å². The minimum Gasteiger partial charge on any atom is -0.405 e. The molecule has 0 amide bonds. The van der Waals surface area contributed by atoms with E-state index in [1.165, 1.54) is 0 Å². The van der Waals surface area contributed by atoms with Crippen LogP contribution in [-0.2, 0) is 18.6 Å². The first-order chi connectivity index (χ1) is 7.45. The highest BCUT2D eigenvalue weighted by atomic mass is 32.1. The summed E-state index contributed by atoms with van der Waals surface area (Å²) < 4.78 is 23.0. The molecule has 4 nitrogen and oxygen atoms in total. The monoisotopic (exact) mass is 224 g/mol. The maximum atomic E-state index is 5.47. The SMILES string of the molecule is c1cc(B2OCCO2)c(B2OCCO2)s1. The van der Waals surface area contributed by atoms with Crippen molar-refractivity contribution in [1.82, 2.24) is 0 Å². The third kappa shape index (κ3) is 1.86. The Morgan fingerprint density at radius 2 is 1.53 bits per heavy atom.